The normalized spacial score (nSPS) is 21.4. The Hall–Kier alpha value is -1.82. The molecule has 22 heavy (non-hydrogen) atoms. The second-order valence-corrected chi connectivity index (χ2v) is 5.92. The number of ether oxygens (including phenoxy) is 1. The van der Waals surface area contributed by atoms with Gasteiger partial charge in [-0.25, -0.2) is 4.79 Å². The summed E-state index contributed by atoms with van der Waals surface area (Å²) in [7, 11) is 4.20. The van der Waals surface area contributed by atoms with Crippen molar-refractivity contribution < 1.29 is 9.53 Å². The van der Waals surface area contributed by atoms with E-state index in [0.29, 0.717) is 24.9 Å². The Balaban J connectivity index is 1.61. The van der Waals surface area contributed by atoms with Crippen molar-refractivity contribution in [3.63, 3.8) is 0 Å². The highest BCUT2D eigenvalue weighted by atomic mass is 16.5. The molecule has 1 heterocycles. The lowest BCUT2D eigenvalue weighted by Crippen LogP contribution is -2.47. The van der Waals surface area contributed by atoms with Crippen LogP contribution in [0.3, 0.4) is 0 Å². The van der Waals surface area contributed by atoms with E-state index in [4.69, 9.17) is 4.74 Å². The van der Waals surface area contributed by atoms with E-state index in [2.05, 4.69) is 34.6 Å². The molecule has 0 saturated heterocycles. The molecule has 0 bridgehead atoms. The second-order valence-electron chi connectivity index (χ2n) is 5.92. The van der Waals surface area contributed by atoms with Gasteiger partial charge >= 0.3 is 6.03 Å². The van der Waals surface area contributed by atoms with Gasteiger partial charge in [-0.05, 0) is 51.9 Å². The molecule has 1 aromatic heterocycles. The molecule has 2 rings (SSSR count). The number of rotatable bonds is 6. The molecule has 1 aromatic rings. The molecule has 1 fully saturated rings. The molecular formula is C16H26N4O2. The number of hydrogen-bond acceptors (Lipinski definition) is 4. The van der Waals surface area contributed by atoms with Gasteiger partial charge in [0, 0.05) is 18.3 Å². The summed E-state index contributed by atoms with van der Waals surface area (Å²) in [6.07, 6.45) is 7.81. The Bertz CT molecular complexity index is 453. The van der Waals surface area contributed by atoms with Crippen LogP contribution in [0, 0.1) is 0 Å². The molecule has 1 saturated carbocycles. The summed E-state index contributed by atoms with van der Waals surface area (Å²) in [6.45, 7) is 0.911. The first-order chi connectivity index (χ1) is 10.6. The van der Waals surface area contributed by atoms with Gasteiger partial charge < -0.3 is 20.3 Å². The van der Waals surface area contributed by atoms with Crippen molar-refractivity contribution in [1.29, 1.82) is 0 Å². The number of aromatic nitrogens is 1. The summed E-state index contributed by atoms with van der Waals surface area (Å²) >= 11 is 0. The molecule has 6 heteroatoms. The van der Waals surface area contributed by atoms with E-state index >= 15 is 0 Å². The largest absolute Gasteiger partial charge is 0.490 e. The van der Waals surface area contributed by atoms with Crippen LogP contribution in [-0.4, -0.2) is 55.2 Å². The predicted octanol–water partition coefficient (Wildman–Crippen LogP) is 1.63. The molecule has 2 amide bonds. The van der Waals surface area contributed by atoms with Crippen LogP contribution in [0.15, 0.2) is 24.5 Å². The third kappa shape index (κ3) is 5.52. The third-order valence-electron chi connectivity index (χ3n) is 4.00. The summed E-state index contributed by atoms with van der Waals surface area (Å²) in [5.74, 6) is 0.714. The molecule has 2 atom stereocenters. The summed E-state index contributed by atoms with van der Waals surface area (Å²) < 4.78 is 5.48. The van der Waals surface area contributed by atoms with Gasteiger partial charge in [-0.15, -0.1) is 0 Å². The van der Waals surface area contributed by atoms with Gasteiger partial charge in [0.2, 0.25) is 0 Å². The van der Waals surface area contributed by atoms with Crippen LogP contribution in [0.1, 0.15) is 25.7 Å². The van der Waals surface area contributed by atoms with Gasteiger partial charge in [-0.2, -0.15) is 0 Å². The Morgan fingerprint density at radius 2 is 2.32 bits per heavy atom. The summed E-state index contributed by atoms with van der Waals surface area (Å²) in [6, 6.07) is 4.38. The first-order valence-corrected chi connectivity index (χ1v) is 7.89. The zero-order chi connectivity index (χ0) is 15.8. The van der Waals surface area contributed by atoms with E-state index in [-0.39, 0.29) is 12.1 Å². The van der Waals surface area contributed by atoms with E-state index < -0.39 is 0 Å². The lowest BCUT2D eigenvalue weighted by molar-refractivity contribution is 0.192. The third-order valence-corrected chi connectivity index (χ3v) is 4.00. The quantitative estimate of drug-likeness (QED) is 0.784. The van der Waals surface area contributed by atoms with E-state index in [1.807, 2.05) is 12.1 Å². The van der Waals surface area contributed by atoms with Crippen molar-refractivity contribution in [2.45, 2.75) is 37.8 Å². The fraction of sp³-hybridized carbons (Fsp3) is 0.625. The lowest BCUT2D eigenvalue weighted by atomic mass is 9.90. The highest BCUT2D eigenvalue weighted by Crippen LogP contribution is 2.21. The van der Waals surface area contributed by atoms with Crippen molar-refractivity contribution >= 4 is 6.03 Å². The van der Waals surface area contributed by atoms with E-state index in [1.54, 1.807) is 12.4 Å². The molecule has 1 aliphatic rings. The molecule has 0 spiro atoms. The van der Waals surface area contributed by atoms with Crippen LogP contribution < -0.4 is 15.4 Å². The van der Waals surface area contributed by atoms with Crippen LogP contribution in [0.25, 0.3) is 0 Å². The summed E-state index contributed by atoms with van der Waals surface area (Å²) in [4.78, 5) is 18.1. The van der Waals surface area contributed by atoms with Gasteiger partial charge in [0.15, 0.2) is 0 Å². The van der Waals surface area contributed by atoms with Crippen molar-refractivity contribution in [2.75, 3.05) is 27.2 Å². The molecule has 0 unspecified atom stereocenters. The van der Waals surface area contributed by atoms with Gasteiger partial charge in [-0.3, -0.25) is 4.98 Å². The fourth-order valence-electron chi connectivity index (χ4n) is 2.77. The van der Waals surface area contributed by atoms with E-state index in [1.165, 1.54) is 6.42 Å². The minimum Gasteiger partial charge on any atom is -0.490 e. The van der Waals surface area contributed by atoms with Crippen molar-refractivity contribution in [2.24, 2.45) is 0 Å². The molecular weight excluding hydrogens is 280 g/mol. The number of nitrogens with zero attached hydrogens (tertiary/aromatic N) is 2. The smallest absolute Gasteiger partial charge is 0.315 e. The van der Waals surface area contributed by atoms with E-state index in [9.17, 15) is 4.79 Å². The minimum absolute atomic E-state index is 0.112. The van der Waals surface area contributed by atoms with E-state index in [0.717, 1.165) is 19.3 Å². The maximum atomic E-state index is 11.9. The number of pyridine rings is 1. The number of amides is 2. The van der Waals surface area contributed by atoms with Crippen LogP contribution in [0.4, 0.5) is 4.79 Å². The Labute approximate surface area is 132 Å². The van der Waals surface area contributed by atoms with Crippen LogP contribution >= 0.6 is 0 Å². The van der Waals surface area contributed by atoms with Gasteiger partial charge in [0.1, 0.15) is 12.4 Å². The number of urea groups is 1. The van der Waals surface area contributed by atoms with Crippen molar-refractivity contribution in [3.8, 4) is 5.75 Å². The van der Waals surface area contributed by atoms with Gasteiger partial charge in [0.05, 0.1) is 12.7 Å². The first-order valence-electron chi connectivity index (χ1n) is 7.89. The van der Waals surface area contributed by atoms with Crippen LogP contribution in [0.5, 0.6) is 5.75 Å². The number of nitrogens with one attached hydrogen (secondary N) is 2. The predicted molar refractivity (Wildman–Crippen MR) is 86.0 cm³/mol. The summed E-state index contributed by atoms with van der Waals surface area (Å²) in [5.41, 5.74) is 0. The molecule has 2 N–H and O–H groups in total. The highest BCUT2D eigenvalue weighted by Gasteiger charge is 2.24. The minimum atomic E-state index is -0.112. The average Bonchev–Trinajstić information content (AvgIpc) is 2.53. The summed E-state index contributed by atoms with van der Waals surface area (Å²) in [5, 5.41) is 5.89. The molecule has 6 nitrogen and oxygen atoms in total. The maximum Gasteiger partial charge on any atom is 0.315 e. The SMILES string of the molecule is CN(C)[C@H]1CCC[C@H](NC(=O)NCCOc2cccnc2)C1. The molecule has 0 aliphatic heterocycles. The van der Waals surface area contributed by atoms with Crippen molar-refractivity contribution in [3.05, 3.63) is 24.5 Å². The molecule has 122 valence electrons. The van der Waals surface area contributed by atoms with Crippen LogP contribution in [-0.2, 0) is 0 Å². The Kier molecular flexibility index (Phi) is 6.45. The zero-order valence-corrected chi connectivity index (χ0v) is 13.4. The molecule has 0 radical (unpaired) electrons. The van der Waals surface area contributed by atoms with Gasteiger partial charge in [0.25, 0.3) is 0 Å². The fourth-order valence-corrected chi connectivity index (χ4v) is 2.77. The number of hydrogen-bond donors (Lipinski definition) is 2. The van der Waals surface area contributed by atoms with Crippen LogP contribution in [0.2, 0.25) is 0 Å². The average molecular weight is 306 g/mol. The lowest BCUT2D eigenvalue weighted by Gasteiger charge is -2.33. The van der Waals surface area contributed by atoms with Crippen molar-refractivity contribution in [1.82, 2.24) is 20.5 Å². The second kappa shape index (κ2) is 8.58. The zero-order valence-electron chi connectivity index (χ0n) is 13.4. The van der Waals surface area contributed by atoms with Gasteiger partial charge in [-0.1, -0.05) is 0 Å². The topological polar surface area (TPSA) is 66.5 Å². The first kappa shape index (κ1) is 16.5. The number of carbonyl (C=O) groups is 1. The molecule has 1 aliphatic carbocycles. The molecule has 0 aromatic carbocycles. The Morgan fingerprint density at radius 3 is 3.05 bits per heavy atom. The standard InChI is InChI=1S/C16H26N4O2/c1-20(2)14-6-3-5-13(11-14)19-16(21)18-9-10-22-15-7-4-8-17-12-15/h4,7-8,12-14H,3,5-6,9-11H2,1-2H3,(H2,18,19,21)/t13-,14-/m0/s1. The maximum absolute atomic E-state index is 11.9. The Morgan fingerprint density at radius 1 is 1.45 bits per heavy atom. The highest BCUT2D eigenvalue weighted by molar-refractivity contribution is 5.74. The monoisotopic (exact) mass is 306 g/mol. The number of carbonyl (C=O) groups excluding carboxylic acids is 1.